The molecule has 1 aliphatic heterocycles. The Kier molecular flexibility index (Phi) is 6.26. The van der Waals surface area contributed by atoms with Crippen molar-refractivity contribution in [2.75, 3.05) is 28.7 Å². The molecule has 0 aliphatic carbocycles. The Labute approximate surface area is 200 Å². The SMILES string of the molecule is CC1=NN(c2ccc(NS(=O)(=O)c3ccccc3)cc2)C(=O)C1=Cc1ccc(N(C)C)cc1C. The van der Waals surface area contributed by atoms with Crippen molar-refractivity contribution in [2.45, 2.75) is 18.7 Å². The third kappa shape index (κ3) is 4.72. The molecule has 0 atom stereocenters. The Morgan fingerprint density at radius 3 is 2.24 bits per heavy atom. The van der Waals surface area contributed by atoms with Gasteiger partial charge >= 0.3 is 0 Å². The second-order valence-corrected chi connectivity index (χ2v) is 9.94. The molecule has 8 heteroatoms. The van der Waals surface area contributed by atoms with E-state index in [1.54, 1.807) is 49.4 Å². The maximum absolute atomic E-state index is 13.1. The molecule has 3 aromatic rings. The zero-order valence-corrected chi connectivity index (χ0v) is 20.3. The summed E-state index contributed by atoms with van der Waals surface area (Å²) in [6.45, 7) is 3.81. The normalized spacial score (nSPS) is 14.9. The van der Waals surface area contributed by atoms with Gasteiger partial charge in [-0.25, -0.2) is 8.42 Å². The molecule has 0 radical (unpaired) electrons. The summed E-state index contributed by atoms with van der Waals surface area (Å²) in [5, 5.41) is 5.76. The van der Waals surface area contributed by atoms with Crippen LogP contribution in [0.15, 0.2) is 88.4 Å². The van der Waals surface area contributed by atoms with Gasteiger partial charge in [-0.1, -0.05) is 24.3 Å². The molecular weight excluding hydrogens is 448 g/mol. The van der Waals surface area contributed by atoms with Crippen LogP contribution in [0.3, 0.4) is 0 Å². The molecule has 174 valence electrons. The molecule has 0 unspecified atom stereocenters. The molecule has 0 fully saturated rings. The van der Waals surface area contributed by atoms with Crippen LogP contribution in [0.25, 0.3) is 6.08 Å². The minimum Gasteiger partial charge on any atom is -0.378 e. The lowest BCUT2D eigenvalue weighted by Gasteiger charge is -2.14. The first-order valence-corrected chi connectivity index (χ1v) is 12.2. The summed E-state index contributed by atoms with van der Waals surface area (Å²) in [5.41, 5.74) is 5.20. The van der Waals surface area contributed by atoms with E-state index in [4.69, 9.17) is 0 Å². The van der Waals surface area contributed by atoms with Crippen LogP contribution in [-0.2, 0) is 14.8 Å². The van der Waals surface area contributed by atoms with Crippen LogP contribution in [0, 0.1) is 6.92 Å². The van der Waals surface area contributed by atoms with E-state index >= 15 is 0 Å². The largest absolute Gasteiger partial charge is 0.378 e. The molecule has 4 rings (SSSR count). The lowest BCUT2D eigenvalue weighted by Crippen LogP contribution is -2.21. The predicted molar refractivity (Wildman–Crippen MR) is 138 cm³/mol. The number of hydrogen-bond donors (Lipinski definition) is 1. The van der Waals surface area contributed by atoms with Crippen LogP contribution >= 0.6 is 0 Å². The quantitative estimate of drug-likeness (QED) is 0.527. The fraction of sp³-hybridized carbons (Fsp3) is 0.154. The molecule has 1 heterocycles. The van der Waals surface area contributed by atoms with Crippen molar-refractivity contribution < 1.29 is 13.2 Å². The number of hydrazone groups is 1. The van der Waals surface area contributed by atoms with Crippen LogP contribution in [-0.4, -0.2) is 34.1 Å². The van der Waals surface area contributed by atoms with Crippen LogP contribution in [0.1, 0.15) is 18.1 Å². The van der Waals surface area contributed by atoms with E-state index in [0.717, 1.165) is 16.8 Å². The van der Waals surface area contributed by atoms with Crippen molar-refractivity contribution in [1.29, 1.82) is 0 Å². The highest BCUT2D eigenvalue weighted by Gasteiger charge is 2.29. The molecule has 1 aliphatic rings. The number of nitrogens with one attached hydrogen (secondary N) is 1. The first kappa shape index (κ1) is 23.3. The van der Waals surface area contributed by atoms with Gasteiger partial charge in [-0.15, -0.1) is 0 Å². The van der Waals surface area contributed by atoms with Gasteiger partial charge in [-0.2, -0.15) is 10.1 Å². The highest BCUT2D eigenvalue weighted by Crippen LogP contribution is 2.28. The molecule has 34 heavy (non-hydrogen) atoms. The van der Waals surface area contributed by atoms with E-state index in [2.05, 4.69) is 15.9 Å². The number of aryl methyl sites for hydroxylation is 1. The van der Waals surface area contributed by atoms with Gasteiger partial charge in [-0.05, 0) is 79.6 Å². The molecule has 0 saturated carbocycles. The summed E-state index contributed by atoms with van der Waals surface area (Å²) in [5.74, 6) is -0.230. The van der Waals surface area contributed by atoms with Crippen molar-refractivity contribution >= 4 is 44.8 Å². The number of benzene rings is 3. The van der Waals surface area contributed by atoms with E-state index in [1.165, 1.54) is 17.1 Å². The summed E-state index contributed by atoms with van der Waals surface area (Å²) in [4.78, 5) is 15.3. The van der Waals surface area contributed by atoms with Gasteiger partial charge in [-0.3, -0.25) is 9.52 Å². The van der Waals surface area contributed by atoms with Crippen LogP contribution < -0.4 is 14.6 Å². The van der Waals surface area contributed by atoms with E-state index < -0.39 is 10.0 Å². The topological polar surface area (TPSA) is 82.1 Å². The molecule has 1 N–H and O–H groups in total. The molecule has 3 aromatic carbocycles. The van der Waals surface area contributed by atoms with Crippen molar-refractivity contribution in [3.8, 4) is 0 Å². The molecule has 0 bridgehead atoms. The maximum Gasteiger partial charge on any atom is 0.280 e. The number of anilines is 3. The van der Waals surface area contributed by atoms with E-state index in [-0.39, 0.29) is 10.8 Å². The summed E-state index contributed by atoms with van der Waals surface area (Å²) < 4.78 is 27.6. The van der Waals surface area contributed by atoms with Crippen molar-refractivity contribution in [3.05, 3.63) is 89.5 Å². The average Bonchev–Trinajstić information content (AvgIpc) is 3.09. The zero-order chi connectivity index (χ0) is 24.5. The van der Waals surface area contributed by atoms with E-state index in [0.29, 0.717) is 22.7 Å². The third-order valence-corrected chi connectivity index (χ3v) is 6.95. The lowest BCUT2D eigenvalue weighted by molar-refractivity contribution is -0.114. The number of rotatable bonds is 6. The van der Waals surface area contributed by atoms with Gasteiger partial charge in [0.1, 0.15) is 0 Å². The highest BCUT2D eigenvalue weighted by atomic mass is 32.2. The molecular formula is C26H26N4O3S. The number of nitrogens with zero attached hydrogens (tertiary/aromatic N) is 3. The predicted octanol–water partition coefficient (Wildman–Crippen LogP) is 4.67. The number of amides is 1. The van der Waals surface area contributed by atoms with Crippen molar-refractivity contribution in [2.24, 2.45) is 5.10 Å². The third-order valence-electron chi connectivity index (χ3n) is 5.55. The van der Waals surface area contributed by atoms with Crippen LogP contribution in [0.4, 0.5) is 17.1 Å². The molecule has 1 amide bonds. The Bertz CT molecular complexity index is 1390. The second kappa shape index (κ2) is 9.15. The fourth-order valence-electron chi connectivity index (χ4n) is 3.60. The Balaban J connectivity index is 1.54. The lowest BCUT2D eigenvalue weighted by atomic mass is 10.0. The molecule has 0 saturated heterocycles. The smallest absolute Gasteiger partial charge is 0.280 e. The Morgan fingerprint density at radius 2 is 1.62 bits per heavy atom. The molecule has 7 nitrogen and oxygen atoms in total. The summed E-state index contributed by atoms with van der Waals surface area (Å²) in [6, 6.07) is 20.8. The van der Waals surface area contributed by atoms with E-state index in [1.807, 2.05) is 44.1 Å². The zero-order valence-electron chi connectivity index (χ0n) is 19.5. The monoisotopic (exact) mass is 474 g/mol. The standard InChI is InChI=1S/C26H26N4O3S/c1-18-16-23(29(3)4)13-10-20(18)17-25-19(2)27-30(26(25)31)22-14-11-21(12-15-22)28-34(32,33)24-8-6-5-7-9-24/h5-17,28H,1-4H3. The Morgan fingerprint density at radius 1 is 0.941 bits per heavy atom. The second-order valence-electron chi connectivity index (χ2n) is 8.26. The van der Waals surface area contributed by atoms with Gasteiger partial charge in [0.05, 0.1) is 21.9 Å². The molecule has 0 aromatic heterocycles. The van der Waals surface area contributed by atoms with Crippen LogP contribution in [0.2, 0.25) is 0 Å². The minimum atomic E-state index is -3.69. The minimum absolute atomic E-state index is 0.178. The number of carbonyl (C=O) groups excluding carboxylic acids is 1. The van der Waals surface area contributed by atoms with Gasteiger partial charge in [0.25, 0.3) is 15.9 Å². The van der Waals surface area contributed by atoms with Gasteiger partial charge in [0.15, 0.2) is 0 Å². The summed E-state index contributed by atoms with van der Waals surface area (Å²) >= 11 is 0. The fourth-order valence-corrected chi connectivity index (χ4v) is 4.68. The average molecular weight is 475 g/mol. The molecule has 0 spiro atoms. The number of hydrogen-bond acceptors (Lipinski definition) is 5. The van der Waals surface area contributed by atoms with Gasteiger partial charge < -0.3 is 4.90 Å². The Hall–Kier alpha value is -3.91. The van der Waals surface area contributed by atoms with E-state index in [9.17, 15) is 13.2 Å². The van der Waals surface area contributed by atoms with Crippen LogP contribution in [0.5, 0.6) is 0 Å². The van der Waals surface area contributed by atoms with Gasteiger partial charge in [0.2, 0.25) is 0 Å². The van der Waals surface area contributed by atoms with Crippen molar-refractivity contribution in [3.63, 3.8) is 0 Å². The highest BCUT2D eigenvalue weighted by molar-refractivity contribution is 7.92. The first-order chi connectivity index (χ1) is 16.2. The van der Waals surface area contributed by atoms with Gasteiger partial charge in [0, 0.05) is 25.5 Å². The van der Waals surface area contributed by atoms with Crippen molar-refractivity contribution in [1.82, 2.24) is 0 Å². The summed E-state index contributed by atoms with van der Waals surface area (Å²) in [7, 11) is 0.281. The maximum atomic E-state index is 13.1. The number of carbonyl (C=O) groups is 1. The number of sulfonamides is 1. The first-order valence-electron chi connectivity index (χ1n) is 10.7. The summed E-state index contributed by atoms with van der Waals surface area (Å²) in [6.07, 6.45) is 1.86.